The van der Waals surface area contributed by atoms with Gasteiger partial charge in [-0.1, -0.05) is 5.16 Å². The molecule has 2 aliphatic rings. The highest BCUT2D eigenvalue weighted by Gasteiger charge is 2.27. The van der Waals surface area contributed by atoms with Crippen LogP contribution in [0.1, 0.15) is 31.6 Å². The van der Waals surface area contributed by atoms with Gasteiger partial charge in [0.05, 0.1) is 6.54 Å². The van der Waals surface area contributed by atoms with E-state index in [-0.39, 0.29) is 0 Å². The Labute approximate surface area is 134 Å². The SMILES string of the molecule is c1cc(-c2noc(CN3CCC[C@@H](N4CCCC4)C3)n2)cs1. The molecule has 2 fully saturated rings. The van der Waals surface area contributed by atoms with E-state index in [4.69, 9.17) is 4.52 Å². The van der Waals surface area contributed by atoms with E-state index in [1.54, 1.807) is 11.3 Å². The fourth-order valence-corrected chi connectivity index (χ4v) is 4.23. The number of piperidine rings is 1. The average Bonchev–Trinajstić information content (AvgIpc) is 3.29. The Morgan fingerprint density at radius 2 is 2.14 bits per heavy atom. The van der Waals surface area contributed by atoms with E-state index in [2.05, 4.69) is 25.3 Å². The Balaban J connectivity index is 1.38. The monoisotopic (exact) mass is 318 g/mol. The Kier molecular flexibility index (Phi) is 4.23. The summed E-state index contributed by atoms with van der Waals surface area (Å²) in [5.74, 6) is 1.45. The molecule has 2 aliphatic heterocycles. The van der Waals surface area contributed by atoms with Crippen molar-refractivity contribution in [3.63, 3.8) is 0 Å². The van der Waals surface area contributed by atoms with Gasteiger partial charge in [0.15, 0.2) is 0 Å². The van der Waals surface area contributed by atoms with Gasteiger partial charge in [-0.25, -0.2) is 0 Å². The summed E-state index contributed by atoms with van der Waals surface area (Å²) in [5, 5.41) is 8.20. The molecule has 1 atom stereocenters. The highest BCUT2D eigenvalue weighted by molar-refractivity contribution is 7.08. The number of nitrogens with zero attached hydrogens (tertiary/aromatic N) is 4. The van der Waals surface area contributed by atoms with Gasteiger partial charge in [0.2, 0.25) is 11.7 Å². The lowest BCUT2D eigenvalue weighted by molar-refractivity contribution is 0.102. The molecular formula is C16H22N4OS. The molecule has 22 heavy (non-hydrogen) atoms. The maximum absolute atomic E-state index is 5.44. The lowest BCUT2D eigenvalue weighted by Crippen LogP contribution is -2.46. The first-order valence-corrected chi connectivity index (χ1v) is 9.14. The van der Waals surface area contributed by atoms with E-state index in [0.29, 0.717) is 5.82 Å². The minimum atomic E-state index is 0.712. The van der Waals surface area contributed by atoms with Gasteiger partial charge < -0.3 is 4.52 Å². The van der Waals surface area contributed by atoms with Crippen molar-refractivity contribution in [2.45, 2.75) is 38.3 Å². The maximum Gasteiger partial charge on any atom is 0.241 e. The summed E-state index contributed by atoms with van der Waals surface area (Å²) in [5.41, 5.74) is 1.05. The van der Waals surface area contributed by atoms with Gasteiger partial charge in [-0.2, -0.15) is 16.3 Å². The van der Waals surface area contributed by atoms with Gasteiger partial charge in [0.1, 0.15) is 0 Å². The van der Waals surface area contributed by atoms with Gasteiger partial charge in [0, 0.05) is 23.5 Å². The molecule has 4 rings (SSSR count). The summed E-state index contributed by atoms with van der Waals surface area (Å²) < 4.78 is 5.44. The first-order chi connectivity index (χ1) is 10.9. The van der Waals surface area contributed by atoms with Crippen molar-refractivity contribution < 1.29 is 4.52 Å². The minimum absolute atomic E-state index is 0.712. The van der Waals surface area contributed by atoms with Gasteiger partial charge in [0.25, 0.3) is 0 Å². The van der Waals surface area contributed by atoms with Crippen LogP contribution in [0.4, 0.5) is 0 Å². The van der Waals surface area contributed by atoms with Crippen LogP contribution in [0.2, 0.25) is 0 Å². The van der Waals surface area contributed by atoms with Crippen molar-refractivity contribution in [1.29, 1.82) is 0 Å². The van der Waals surface area contributed by atoms with Crippen LogP contribution in [-0.2, 0) is 6.54 Å². The summed E-state index contributed by atoms with van der Waals surface area (Å²) in [6, 6.07) is 2.75. The standard InChI is InChI=1S/C16H22N4OS/c1-2-8-20(7-1)14-4-3-6-19(10-14)11-15-17-16(18-21-15)13-5-9-22-12-13/h5,9,12,14H,1-4,6-8,10-11H2/t14-/m1/s1. The van der Waals surface area contributed by atoms with Crippen LogP contribution in [0.3, 0.4) is 0 Å². The summed E-state index contributed by atoms with van der Waals surface area (Å²) in [7, 11) is 0. The largest absolute Gasteiger partial charge is 0.338 e. The number of aromatic nitrogens is 2. The molecule has 0 aliphatic carbocycles. The lowest BCUT2D eigenvalue weighted by Gasteiger charge is -2.36. The Morgan fingerprint density at radius 1 is 1.23 bits per heavy atom. The topological polar surface area (TPSA) is 45.4 Å². The second kappa shape index (κ2) is 6.48. The number of hydrogen-bond acceptors (Lipinski definition) is 6. The third-order valence-corrected chi connectivity index (χ3v) is 5.43. The summed E-state index contributed by atoms with van der Waals surface area (Å²) in [4.78, 5) is 9.68. The molecule has 0 aromatic carbocycles. The fraction of sp³-hybridized carbons (Fsp3) is 0.625. The van der Waals surface area contributed by atoms with Crippen molar-refractivity contribution in [2.75, 3.05) is 26.2 Å². The molecule has 4 heterocycles. The summed E-state index contributed by atoms with van der Waals surface area (Å²) >= 11 is 1.66. The highest BCUT2D eigenvalue weighted by atomic mass is 32.1. The van der Waals surface area contributed by atoms with Crippen LogP contribution in [0.25, 0.3) is 11.4 Å². The van der Waals surface area contributed by atoms with Gasteiger partial charge in [-0.15, -0.1) is 0 Å². The molecule has 0 unspecified atom stereocenters. The van der Waals surface area contributed by atoms with Gasteiger partial charge >= 0.3 is 0 Å². The van der Waals surface area contributed by atoms with E-state index < -0.39 is 0 Å². The number of rotatable bonds is 4. The normalized spacial score (nSPS) is 24.1. The van der Waals surface area contributed by atoms with Crippen molar-refractivity contribution in [3.8, 4) is 11.4 Å². The Hall–Kier alpha value is -1.24. The van der Waals surface area contributed by atoms with E-state index in [1.165, 1.54) is 38.8 Å². The third-order valence-electron chi connectivity index (χ3n) is 4.74. The molecule has 6 heteroatoms. The van der Waals surface area contributed by atoms with Crippen LogP contribution in [0, 0.1) is 0 Å². The van der Waals surface area contributed by atoms with Gasteiger partial charge in [-0.3, -0.25) is 9.80 Å². The zero-order chi connectivity index (χ0) is 14.8. The molecule has 2 saturated heterocycles. The molecule has 0 N–H and O–H groups in total. The van der Waals surface area contributed by atoms with Crippen molar-refractivity contribution >= 4 is 11.3 Å². The van der Waals surface area contributed by atoms with Crippen molar-refractivity contribution in [2.24, 2.45) is 0 Å². The predicted molar refractivity (Wildman–Crippen MR) is 86.7 cm³/mol. The first-order valence-electron chi connectivity index (χ1n) is 8.20. The lowest BCUT2D eigenvalue weighted by atomic mass is 10.0. The van der Waals surface area contributed by atoms with E-state index in [9.17, 15) is 0 Å². The molecule has 118 valence electrons. The molecule has 2 aromatic rings. The summed E-state index contributed by atoms with van der Waals surface area (Å²) in [6.45, 7) is 5.61. The average molecular weight is 318 g/mol. The second-order valence-corrected chi connectivity index (χ2v) is 7.08. The predicted octanol–water partition coefficient (Wildman–Crippen LogP) is 2.86. The zero-order valence-corrected chi connectivity index (χ0v) is 13.6. The van der Waals surface area contributed by atoms with Crippen LogP contribution >= 0.6 is 11.3 Å². The molecule has 2 aromatic heterocycles. The quantitative estimate of drug-likeness (QED) is 0.867. The van der Waals surface area contributed by atoms with Gasteiger partial charge in [-0.05, 0) is 56.8 Å². The minimum Gasteiger partial charge on any atom is -0.338 e. The maximum atomic E-state index is 5.44. The van der Waals surface area contributed by atoms with E-state index >= 15 is 0 Å². The molecule has 5 nitrogen and oxygen atoms in total. The molecule has 0 saturated carbocycles. The summed E-state index contributed by atoms with van der Waals surface area (Å²) in [6.07, 6.45) is 5.33. The molecule has 0 bridgehead atoms. The van der Waals surface area contributed by atoms with Crippen molar-refractivity contribution in [3.05, 3.63) is 22.7 Å². The van der Waals surface area contributed by atoms with Crippen LogP contribution in [0.5, 0.6) is 0 Å². The van der Waals surface area contributed by atoms with Crippen LogP contribution in [-0.4, -0.2) is 52.2 Å². The Bertz CT molecular complexity index is 591. The van der Waals surface area contributed by atoms with Crippen LogP contribution < -0.4 is 0 Å². The van der Waals surface area contributed by atoms with E-state index in [1.807, 2.05) is 11.4 Å². The number of likely N-dealkylation sites (tertiary alicyclic amines) is 2. The first kappa shape index (κ1) is 14.4. The van der Waals surface area contributed by atoms with Crippen molar-refractivity contribution in [1.82, 2.24) is 19.9 Å². The zero-order valence-electron chi connectivity index (χ0n) is 12.8. The molecule has 0 spiro atoms. The third kappa shape index (κ3) is 3.09. The Morgan fingerprint density at radius 3 is 2.95 bits per heavy atom. The number of hydrogen-bond donors (Lipinski definition) is 0. The second-order valence-electron chi connectivity index (χ2n) is 6.30. The fourth-order valence-electron chi connectivity index (χ4n) is 3.60. The molecular weight excluding hydrogens is 296 g/mol. The van der Waals surface area contributed by atoms with Crippen LogP contribution in [0.15, 0.2) is 21.3 Å². The molecule has 0 amide bonds. The number of thiophene rings is 1. The highest BCUT2D eigenvalue weighted by Crippen LogP contribution is 2.23. The molecule has 0 radical (unpaired) electrons. The smallest absolute Gasteiger partial charge is 0.241 e. The van der Waals surface area contributed by atoms with E-state index in [0.717, 1.165) is 37.1 Å².